The van der Waals surface area contributed by atoms with E-state index >= 15 is 0 Å². The first-order chi connectivity index (χ1) is 13.0. The van der Waals surface area contributed by atoms with E-state index in [1.54, 1.807) is 7.11 Å². The van der Waals surface area contributed by atoms with Gasteiger partial charge in [0.1, 0.15) is 6.04 Å². The third-order valence-electron chi connectivity index (χ3n) is 10.0. The number of fused-ring (bicyclic) bond motifs is 1. The van der Waals surface area contributed by atoms with Gasteiger partial charge in [-0.2, -0.15) is 0 Å². The van der Waals surface area contributed by atoms with Crippen LogP contribution >= 0.6 is 0 Å². The number of carbonyl (C=O) groups excluding carboxylic acids is 1. The first kappa shape index (κ1) is 19.2. The van der Waals surface area contributed by atoms with Crippen molar-refractivity contribution in [1.29, 1.82) is 0 Å². The second kappa shape index (κ2) is 5.65. The van der Waals surface area contributed by atoms with E-state index in [-0.39, 0.29) is 52.2 Å². The van der Waals surface area contributed by atoms with Crippen molar-refractivity contribution in [2.24, 2.45) is 17.3 Å². The molecule has 1 N–H and O–H groups in total. The summed E-state index contributed by atoms with van der Waals surface area (Å²) >= 11 is 0. The van der Waals surface area contributed by atoms with Crippen LogP contribution in [0.5, 0.6) is 0 Å². The summed E-state index contributed by atoms with van der Waals surface area (Å²) in [6.45, 7) is 8.66. The van der Waals surface area contributed by atoms with E-state index in [1.807, 2.05) is 0 Å². The molecule has 4 fully saturated rings. The molecule has 0 aromatic heterocycles. The maximum absolute atomic E-state index is 13.1. The lowest BCUT2D eigenvalue weighted by Crippen LogP contribution is -3.00. The molecule has 3 aliphatic heterocycles. The van der Waals surface area contributed by atoms with Gasteiger partial charge in [0.05, 0.1) is 43.6 Å². The highest BCUT2D eigenvalue weighted by Crippen LogP contribution is 2.81. The van der Waals surface area contributed by atoms with Gasteiger partial charge in [-0.1, -0.05) is 25.1 Å². The summed E-state index contributed by atoms with van der Waals surface area (Å²) in [6.07, 6.45) is 4.79. The number of para-hydroxylation sites is 1. The van der Waals surface area contributed by atoms with Gasteiger partial charge in [0.2, 0.25) is 0 Å². The van der Waals surface area contributed by atoms with Gasteiger partial charge in [-0.3, -0.25) is 4.79 Å². The number of nitrogens with zero attached hydrogens (tertiary/aromatic N) is 1. The molecular formula is C23H31IN2O2. The van der Waals surface area contributed by atoms with Gasteiger partial charge in [-0.25, -0.2) is 0 Å². The molecule has 2 saturated heterocycles. The fourth-order valence-electron chi connectivity index (χ4n) is 9.47. The number of esters is 1. The fourth-order valence-corrected chi connectivity index (χ4v) is 9.47. The zero-order valence-electron chi connectivity index (χ0n) is 17.1. The molecular weight excluding hydrogens is 463 g/mol. The van der Waals surface area contributed by atoms with Crippen molar-refractivity contribution in [1.82, 2.24) is 0 Å². The molecule has 1 aromatic rings. The minimum atomic E-state index is -0.173. The van der Waals surface area contributed by atoms with Crippen molar-refractivity contribution < 1.29 is 38.0 Å². The van der Waals surface area contributed by atoms with Crippen molar-refractivity contribution in [2.75, 3.05) is 32.1 Å². The summed E-state index contributed by atoms with van der Waals surface area (Å²) < 4.78 is 6.66. The molecule has 0 radical (unpaired) electrons. The summed E-state index contributed by atoms with van der Waals surface area (Å²) in [5.74, 6) is 0.469. The molecule has 4 nitrogen and oxygen atoms in total. The van der Waals surface area contributed by atoms with Gasteiger partial charge >= 0.3 is 5.97 Å². The van der Waals surface area contributed by atoms with Crippen LogP contribution in [0.15, 0.2) is 24.3 Å². The van der Waals surface area contributed by atoms with Crippen LogP contribution in [0.4, 0.5) is 5.69 Å². The molecule has 5 aliphatic rings. The summed E-state index contributed by atoms with van der Waals surface area (Å²) in [7, 11) is 1.57. The Balaban J connectivity index is 0.00000171. The highest BCUT2D eigenvalue weighted by Gasteiger charge is 2.90. The highest BCUT2D eigenvalue weighted by atomic mass is 127. The van der Waals surface area contributed by atoms with Crippen molar-refractivity contribution in [3.05, 3.63) is 29.8 Å². The lowest BCUT2D eigenvalue weighted by Gasteiger charge is -2.55. The SMILES string of the molecule is CC[N+]12CCC[C@@]34C[C@@H](C(=O)OC)[C@]5(Nc6ccccc6[C@]5(CC1)[C@H]32)[C@@H]4C.[I-]. The van der Waals surface area contributed by atoms with E-state index in [4.69, 9.17) is 4.74 Å². The number of anilines is 1. The molecule has 0 amide bonds. The predicted octanol–water partition coefficient (Wildman–Crippen LogP) is 0.325. The summed E-state index contributed by atoms with van der Waals surface area (Å²) in [4.78, 5) is 13.1. The van der Waals surface area contributed by atoms with Crippen molar-refractivity contribution in [3.8, 4) is 0 Å². The molecule has 6 rings (SSSR count). The standard InChI is InChI=1S/C23H31N2O2.HI/c1-4-25-12-7-10-21-14-17(19(26)27-3)23(15(21)2)22(11-13-25,20(21)25)16-8-5-6-9-18(16)24-23;/h5-6,8-9,15,17,20,24H,4,7,10-14H2,1-3H3;1H/q+1;/p-1/t15-,17+,20+,21+,22-,23-,25?;/m1./s1. The van der Waals surface area contributed by atoms with Crippen LogP contribution in [-0.2, 0) is 14.9 Å². The van der Waals surface area contributed by atoms with Gasteiger partial charge in [-0.05, 0) is 43.7 Å². The predicted molar refractivity (Wildman–Crippen MR) is 104 cm³/mol. The molecule has 28 heavy (non-hydrogen) atoms. The van der Waals surface area contributed by atoms with Gasteiger partial charge in [0.25, 0.3) is 0 Å². The number of ether oxygens (including phenoxy) is 1. The normalized spacial score (nSPS) is 48.9. The van der Waals surface area contributed by atoms with Crippen molar-refractivity contribution >= 4 is 11.7 Å². The average molecular weight is 494 g/mol. The number of nitrogens with one attached hydrogen (secondary N) is 1. The Bertz CT molecular complexity index is 861. The Morgan fingerprint density at radius 3 is 2.82 bits per heavy atom. The van der Waals surface area contributed by atoms with Crippen LogP contribution in [0, 0.1) is 17.3 Å². The minimum absolute atomic E-state index is 0. The molecule has 3 heterocycles. The monoisotopic (exact) mass is 494 g/mol. The first-order valence-corrected chi connectivity index (χ1v) is 10.8. The Morgan fingerprint density at radius 1 is 1.29 bits per heavy atom. The van der Waals surface area contributed by atoms with E-state index in [0.29, 0.717) is 12.0 Å². The van der Waals surface area contributed by atoms with Gasteiger partial charge in [0.15, 0.2) is 0 Å². The number of quaternary nitrogens is 1. The Hall–Kier alpha value is -0.820. The Morgan fingerprint density at radius 2 is 2.07 bits per heavy atom. The summed E-state index contributed by atoms with van der Waals surface area (Å²) in [5, 5.41) is 4.02. The molecule has 152 valence electrons. The molecule has 2 aliphatic carbocycles. The number of hydrogen-bond acceptors (Lipinski definition) is 3. The number of likely N-dealkylation sites (N-methyl/N-ethyl adjacent to an activating group) is 1. The summed E-state index contributed by atoms with van der Waals surface area (Å²) in [5.41, 5.74) is 2.94. The van der Waals surface area contributed by atoms with E-state index in [2.05, 4.69) is 43.4 Å². The van der Waals surface area contributed by atoms with E-state index in [9.17, 15) is 4.79 Å². The van der Waals surface area contributed by atoms with E-state index in [1.165, 1.54) is 54.6 Å². The quantitative estimate of drug-likeness (QED) is 0.366. The largest absolute Gasteiger partial charge is 1.00 e. The molecule has 5 heteroatoms. The maximum atomic E-state index is 13.1. The van der Waals surface area contributed by atoms with Crippen LogP contribution in [0.25, 0.3) is 0 Å². The second-order valence-electron chi connectivity index (χ2n) is 9.98. The number of carbonyl (C=O) groups is 1. The van der Waals surface area contributed by atoms with Crippen LogP contribution in [-0.4, -0.2) is 48.8 Å². The molecule has 1 unspecified atom stereocenters. The number of hydrogen-bond donors (Lipinski definition) is 1. The van der Waals surface area contributed by atoms with Crippen LogP contribution < -0.4 is 29.3 Å². The fraction of sp³-hybridized carbons (Fsp3) is 0.696. The van der Waals surface area contributed by atoms with E-state index in [0.717, 1.165) is 6.42 Å². The molecule has 1 aromatic carbocycles. The number of rotatable bonds is 2. The zero-order valence-corrected chi connectivity index (χ0v) is 19.3. The third-order valence-corrected chi connectivity index (χ3v) is 10.0. The lowest BCUT2D eigenvalue weighted by molar-refractivity contribution is -0.952. The van der Waals surface area contributed by atoms with Crippen LogP contribution in [0.1, 0.15) is 45.1 Å². The molecule has 2 saturated carbocycles. The number of methoxy groups -OCH3 is 1. The van der Waals surface area contributed by atoms with Gasteiger partial charge in [-0.15, -0.1) is 0 Å². The molecule has 2 bridgehead atoms. The second-order valence-corrected chi connectivity index (χ2v) is 9.98. The smallest absolute Gasteiger partial charge is 0.311 e. The van der Waals surface area contributed by atoms with Crippen molar-refractivity contribution in [3.63, 3.8) is 0 Å². The summed E-state index contributed by atoms with van der Waals surface area (Å²) in [6, 6.07) is 9.58. The van der Waals surface area contributed by atoms with Gasteiger partial charge in [0, 0.05) is 17.5 Å². The molecule has 3 spiro atoms. The molecule has 7 atom stereocenters. The minimum Gasteiger partial charge on any atom is -1.00 e. The van der Waals surface area contributed by atoms with Crippen LogP contribution in [0.3, 0.4) is 0 Å². The Kier molecular flexibility index (Phi) is 3.87. The van der Waals surface area contributed by atoms with Crippen LogP contribution in [0.2, 0.25) is 0 Å². The van der Waals surface area contributed by atoms with Gasteiger partial charge < -0.3 is 38.5 Å². The zero-order chi connectivity index (χ0) is 18.7. The lowest BCUT2D eigenvalue weighted by atomic mass is 9.56. The maximum Gasteiger partial charge on any atom is 0.311 e. The highest BCUT2D eigenvalue weighted by molar-refractivity contribution is 5.82. The number of piperidine rings is 1. The third kappa shape index (κ3) is 1.63. The number of halogens is 1. The average Bonchev–Trinajstić information content (AvgIpc) is 3.34. The topological polar surface area (TPSA) is 38.3 Å². The Labute approximate surface area is 185 Å². The van der Waals surface area contributed by atoms with Crippen molar-refractivity contribution in [2.45, 2.75) is 56.5 Å². The van der Waals surface area contributed by atoms with E-state index < -0.39 is 0 Å². The first-order valence-electron chi connectivity index (χ1n) is 10.8. The number of benzene rings is 1.